The van der Waals surface area contributed by atoms with Crippen molar-refractivity contribution < 1.29 is 4.79 Å². The molecule has 100 valence electrons. The van der Waals surface area contributed by atoms with Gasteiger partial charge in [-0.1, -0.05) is 24.4 Å². The molecule has 0 spiro atoms. The largest absolute Gasteiger partial charge is 0.348 e. The maximum absolute atomic E-state index is 12.2. The molecule has 1 amide bonds. The summed E-state index contributed by atoms with van der Waals surface area (Å²) in [6.07, 6.45) is 6.23. The van der Waals surface area contributed by atoms with Crippen LogP contribution in [0.15, 0.2) is 12.3 Å². The molecule has 18 heavy (non-hydrogen) atoms. The lowest BCUT2D eigenvalue weighted by atomic mass is 9.84. The van der Waals surface area contributed by atoms with Crippen LogP contribution in [0.2, 0.25) is 5.02 Å². The van der Waals surface area contributed by atoms with Crippen molar-refractivity contribution in [3.05, 3.63) is 23.0 Å². The van der Waals surface area contributed by atoms with Gasteiger partial charge in [0.1, 0.15) is 5.69 Å². The lowest BCUT2D eigenvalue weighted by Crippen LogP contribution is -2.45. The highest BCUT2D eigenvalue weighted by molar-refractivity contribution is 6.31. The molecule has 1 aromatic rings. The topological polar surface area (TPSA) is 60.0 Å². The van der Waals surface area contributed by atoms with E-state index < -0.39 is 0 Å². The summed E-state index contributed by atoms with van der Waals surface area (Å²) in [6.45, 7) is 0.638. The fraction of sp³-hybridized carbons (Fsp3) is 0.615. The van der Waals surface area contributed by atoms with Crippen molar-refractivity contribution in [2.45, 2.75) is 31.7 Å². The lowest BCUT2D eigenvalue weighted by Gasteiger charge is -2.31. The van der Waals surface area contributed by atoms with Crippen LogP contribution in [-0.2, 0) is 7.05 Å². The van der Waals surface area contributed by atoms with Gasteiger partial charge in [-0.25, -0.2) is 0 Å². The molecule has 0 radical (unpaired) electrons. The molecule has 0 bridgehead atoms. The van der Waals surface area contributed by atoms with Crippen LogP contribution in [0.3, 0.4) is 0 Å². The van der Waals surface area contributed by atoms with Gasteiger partial charge in [0, 0.05) is 19.3 Å². The number of amides is 1. The summed E-state index contributed by atoms with van der Waals surface area (Å²) in [5.41, 5.74) is 6.36. The molecule has 1 aromatic heterocycles. The predicted molar refractivity (Wildman–Crippen MR) is 72.7 cm³/mol. The van der Waals surface area contributed by atoms with E-state index in [0.717, 1.165) is 19.3 Å². The minimum absolute atomic E-state index is 0.0604. The van der Waals surface area contributed by atoms with E-state index in [1.165, 1.54) is 6.42 Å². The first kappa shape index (κ1) is 13.4. The molecule has 1 fully saturated rings. The first-order valence-corrected chi connectivity index (χ1v) is 6.82. The quantitative estimate of drug-likeness (QED) is 0.881. The fourth-order valence-corrected chi connectivity index (χ4v) is 2.92. The van der Waals surface area contributed by atoms with Gasteiger partial charge < -0.3 is 15.6 Å². The molecule has 5 heteroatoms. The van der Waals surface area contributed by atoms with E-state index in [1.807, 2.05) is 7.05 Å². The van der Waals surface area contributed by atoms with Gasteiger partial charge in [0.25, 0.3) is 5.91 Å². The molecular weight excluding hydrogens is 250 g/mol. The van der Waals surface area contributed by atoms with Crippen molar-refractivity contribution >= 4 is 17.5 Å². The second-order valence-electron chi connectivity index (χ2n) is 5.01. The van der Waals surface area contributed by atoms with Gasteiger partial charge in [-0.2, -0.15) is 0 Å². The Labute approximate surface area is 112 Å². The number of hydrogen-bond acceptors (Lipinski definition) is 2. The molecule has 2 rings (SSSR count). The molecule has 1 aliphatic carbocycles. The fourth-order valence-electron chi connectivity index (χ4n) is 2.67. The third kappa shape index (κ3) is 2.87. The molecule has 0 aliphatic heterocycles. The Bertz CT molecular complexity index is 430. The predicted octanol–water partition coefficient (Wildman–Crippen LogP) is 1.93. The van der Waals surface area contributed by atoms with Crippen LogP contribution in [-0.4, -0.2) is 23.1 Å². The molecule has 0 aromatic carbocycles. The smallest absolute Gasteiger partial charge is 0.268 e. The number of nitrogens with one attached hydrogen (secondary N) is 1. The highest BCUT2D eigenvalue weighted by Crippen LogP contribution is 2.24. The molecule has 3 N–H and O–H groups in total. The normalized spacial score (nSPS) is 23.9. The number of halogens is 1. The van der Waals surface area contributed by atoms with Crippen molar-refractivity contribution in [2.24, 2.45) is 18.7 Å². The van der Waals surface area contributed by atoms with Gasteiger partial charge in [0.05, 0.1) is 5.02 Å². The Morgan fingerprint density at radius 1 is 1.56 bits per heavy atom. The molecule has 2 unspecified atom stereocenters. The monoisotopic (exact) mass is 269 g/mol. The molecular formula is C13H20ClN3O. The zero-order chi connectivity index (χ0) is 13.1. The van der Waals surface area contributed by atoms with Crippen molar-refractivity contribution in [3.63, 3.8) is 0 Å². The summed E-state index contributed by atoms with van der Waals surface area (Å²) in [7, 11) is 1.82. The van der Waals surface area contributed by atoms with Crippen LogP contribution >= 0.6 is 11.6 Å². The minimum atomic E-state index is -0.0604. The summed E-state index contributed by atoms with van der Waals surface area (Å²) >= 11 is 5.89. The Kier molecular flexibility index (Phi) is 4.30. The number of aromatic nitrogens is 1. The van der Waals surface area contributed by atoms with Gasteiger partial charge in [-0.3, -0.25) is 4.79 Å². The minimum Gasteiger partial charge on any atom is -0.348 e. The van der Waals surface area contributed by atoms with Crippen molar-refractivity contribution in [2.75, 3.05) is 6.54 Å². The zero-order valence-corrected chi connectivity index (χ0v) is 11.4. The lowest BCUT2D eigenvalue weighted by molar-refractivity contribution is 0.0900. The number of rotatable bonds is 3. The van der Waals surface area contributed by atoms with Crippen LogP contribution in [0.1, 0.15) is 36.2 Å². The van der Waals surface area contributed by atoms with E-state index in [2.05, 4.69) is 5.32 Å². The zero-order valence-electron chi connectivity index (χ0n) is 10.7. The van der Waals surface area contributed by atoms with Crippen LogP contribution in [0.25, 0.3) is 0 Å². The second-order valence-corrected chi connectivity index (χ2v) is 5.45. The van der Waals surface area contributed by atoms with Gasteiger partial charge in [0.2, 0.25) is 0 Å². The molecule has 1 saturated carbocycles. The van der Waals surface area contributed by atoms with Crippen molar-refractivity contribution in [1.29, 1.82) is 0 Å². The van der Waals surface area contributed by atoms with Gasteiger partial charge >= 0.3 is 0 Å². The number of hydrogen-bond donors (Lipinski definition) is 2. The molecule has 4 nitrogen and oxygen atoms in total. The number of carbonyl (C=O) groups is 1. The second kappa shape index (κ2) is 5.76. The molecule has 1 heterocycles. The van der Waals surface area contributed by atoms with Gasteiger partial charge in [0.15, 0.2) is 0 Å². The van der Waals surface area contributed by atoms with E-state index in [1.54, 1.807) is 16.8 Å². The average Bonchev–Trinajstić information content (AvgIpc) is 2.69. The molecule has 0 saturated heterocycles. The van der Waals surface area contributed by atoms with E-state index in [4.69, 9.17) is 17.3 Å². The third-order valence-corrected chi connectivity index (χ3v) is 3.94. The van der Waals surface area contributed by atoms with E-state index in [0.29, 0.717) is 23.2 Å². The molecule has 1 aliphatic rings. The van der Waals surface area contributed by atoms with E-state index in [9.17, 15) is 4.79 Å². The standard InChI is InChI=1S/C13H20ClN3O/c1-17-8-10(14)6-12(17)13(18)16-11-5-3-2-4-9(11)7-15/h6,8-9,11H,2-5,7,15H2,1H3,(H,16,18). The first-order chi connectivity index (χ1) is 8.61. The number of aryl methyl sites for hydroxylation is 1. The maximum Gasteiger partial charge on any atom is 0.268 e. The summed E-state index contributed by atoms with van der Waals surface area (Å²) in [4.78, 5) is 12.2. The molecule has 2 atom stereocenters. The highest BCUT2D eigenvalue weighted by atomic mass is 35.5. The Morgan fingerprint density at radius 2 is 2.28 bits per heavy atom. The average molecular weight is 270 g/mol. The number of carbonyl (C=O) groups excluding carboxylic acids is 1. The Morgan fingerprint density at radius 3 is 2.89 bits per heavy atom. The number of nitrogens with zero attached hydrogens (tertiary/aromatic N) is 1. The van der Waals surface area contributed by atoms with Crippen LogP contribution < -0.4 is 11.1 Å². The maximum atomic E-state index is 12.2. The van der Waals surface area contributed by atoms with E-state index >= 15 is 0 Å². The van der Waals surface area contributed by atoms with Crippen molar-refractivity contribution in [3.8, 4) is 0 Å². The van der Waals surface area contributed by atoms with Crippen LogP contribution in [0.5, 0.6) is 0 Å². The highest BCUT2D eigenvalue weighted by Gasteiger charge is 2.26. The summed E-state index contributed by atoms with van der Waals surface area (Å²) < 4.78 is 1.75. The van der Waals surface area contributed by atoms with Crippen LogP contribution in [0.4, 0.5) is 0 Å². The summed E-state index contributed by atoms with van der Waals surface area (Å²) in [5.74, 6) is 0.341. The first-order valence-electron chi connectivity index (χ1n) is 6.44. The summed E-state index contributed by atoms with van der Waals surface area (Å²) in [6, 6.07) is 1.89. The third-order valence-electron chi connectivity index (χ3n) is 3.73. The van der Waals surface area contributed by atoms with Gasteiger partial charge in [-0.15, -0.1) is 0 Å². The van der Waals surface area contributed by atoms with Gasteiger partial charge in [-0.05, 0) is 31.4 Å². The Balaban J connectivity index is 2.04. The summed E-state index contributed by atoms with van der Waals surface area (Å²) in [5, 5.41) is 3.68. The van der Waals surface area contributed by atoms with Crippen LogP contribution in [0, 0.1) is 5.92 Å². The van der Waals surface area contributed by atoms with E-state index in [-0.39, 0.29) is 11.9 Å². The SMILES string of the molecule is Cn1cc(Cl)cc1C(=O)NC1CCCCC1CN. The Hall–Kier alpha value is -1.00. The number of nitrogens with two attached hydrogens (primary N) is 1. The van der Waals surface area contributed by atoms with Crippen molar-refractivity contribution in [1.82, 2.24) is 9.88 Å².